The van der Waals surface area contributed by atoms with Crippen molar-refractivity contribution >= 4 is 27.4 Å². The van der Waals surface area contributed by atoms with Gasteiger partial charge in [-0.05, 0) is 66.6 Å². The molecule has 2 heterocycles. The maximum atomic E-state index is 13.1. The van der Waals surface area contributed by atoms with E-state index in [-0.39, 0.29) is 28.6 Å². The van der Waals surface area contributed by atoms with Gasteiger partial charge >= 0.3 is 0 Å². The van der Waals surface area contributed by atoms with Gasteiger partial charge in [0.1, 0.15) is 11.6 Å². The second-order valence-electron chi connectivity index (χ2n) is 7.89. The third kappa shape index (κ3) is 5.70. The average molecular weight is 485 g/mol. The number of sulfonamides is 1. The van der Waals surface area contributed by atoms with Gasteiger partial charge in [0.25, 0.3) is 15.9 Å². The van der Waals surface area contributed by atoms with Crippen LogP contribution in [-0.4, -0.2) is 45.6 Å². The number of morpholine rings is 1. The van der Waals surface area contributed by atoms with Crippen molar-refractivity contribution in [2.24, 2.45) is 0 Å². The summed E-state index contributed by atoms with van der Waals surface area (Å²) in [6, 6.07) is 13.1. The Hall–Kier alpha value is -3.50. The normalized spacial score (nSPS) is 14.0. The van der Waals surface area contributed by atoms with Crippen molar-refractivity contribution in [2.45, 2.75) is 18.4 Å². The number of pyridine rings is 1. The zero-order valence-electron chi connectivity index (χ0n) is 18.6. The van der Waals surface area contributed by atoms with E-state index in [4.69, 9.17) is 4.74 Å². The Morgan fingerprint density at radius 1 is 1.09 bits per heavy atom. The van der Waals surface area contributed by atoms with Crippen LogP contribution in [0.2, 0.25) is 0 Å². The number of rotatable bonds is 7. The lowest BCUT2D eigenvalue weighted by atomic mass is 10.1. The Morgan fingerprint density at radius 3 is 2.56 bits per heavy atom. The zero-order chi connectivity index (χ0) is 24.1. The van der Waals surface area contributed by atoms with Crippen LogP contribution < -0.4 is 14.9 Å². The van der Waals surface area contributed by atoms with Crippen molar-refractivity contribution < 1.29 is 22.3 Å². The molecule has 0 bridgehead atoms. The first-order valence-corrected chi connectivity index (χ1v) is 12.2. The van der Waals surface area contributed by atoms with E-state index >= 15 is 0 Å². The summed E-state index contributed by atoms with van der Waals surface area (Å²) in [6.45, 7) is 4.82. The molecule has 2 N–H and O–H groups in total. The third-order valence-electron chi connectivity index (χ3n) is 5.46. The molecule has 4 rings (SSSR count). The molecule has 1 aliphatic rings. The van der Waals surface area contributed by atoms with Gasteiger partial charge in [-0.25, -0.2) is 17.8 Å². The molecule has 1 fully saturated rings. The Balaban J connectivity index is 1.46. The molecule has 178 valence electrons. The van der Waals surface area contributed by atoms with Crippen LogP contribution in [0.5, 0.6) is 0 Å². The molecule has 2 aromatic carbocycles. The van der Waals surface area contributed by atoms with Crippen LogP contribution in [0.1, 0.15) is 21.5 Å². The van der Waals surface area contributed by atoms with Gasteiger partial charge in [0.2, 0.25) is 0 Å². The van der Waals surface area contributed by atoms with Crippen LogP contribution in [0, 0.1) is 12.7 Å². The van der Waals surface area contributed by atoms with Gasteiger partial charge in [-0.3, -0.25) is 9.52 Å². The van der Waals surface area contributed by atoms with Crippen molar-refractivity contribution in [1.29, 1.82) is 0 Å². The Morgan fingerprint density at radius 2 is 1.82 bits per heavy atom. The van der Waals surface area contributed by atoms with E-state index in [9.17, 15) is 17.6 Å². The molecule has 3 aromatic rings. The van der Waals surface area contributed by atoms with Crippen molar-refractivity contribution in [1.82, 2.24) is 10.3 Å². The SMILES string of the molecule is Cc1ccc(S(=O)(=O)Nc2ccc(F)cc2)cc1C(=O)NCc1ccnc(N2CCOCC2)c1. The van der Waals surface area contributed by atoms with Gasteiger partial charge in [-0.1, -0.05) is 6.07 Å². The van der Waals surface area contributed by atoms with Crippen molar-refractivity contribution in [3.05, 3.63) is 83.3 Å². The number of nitrogens with one attached hydrogen (secondary N) is 2. The van der Waals surface area contributed by atoms with Crippen molar-refractivity contribution in [2.75, 3.05) is 35.9 Å². The fraction of sp³-hybridized carbons (Fsp3) is 0.250. The smallest absolute Gasteiger partial charge is 0.261 e. The number of aromatic nitrogens is 1. The number of anilines is 2. The molecule has 0 radical (unpaired) electrons. The first-order chi connectivity index (χ1) is 16.3. The summed E-state index contributed by atoms with van der Waals surface area (Å²) in [5.41, 5.74) is 2.00. The Kier molecular flexibility index (Phi) is 7.09. The maximum Gasteiger partial charge on any atom is 0.261 e. The predicted octanol–water partition coefficient (Wildman–Crippen LogP) is 3.10. The first-order valence-electron chi connectivity index (χ1n) is 10.8. The molecule has 0 saturated carbocycles. The molecular weight excluding hydrogens is 459 g/mol. The maximum absolute atomic E-state index is 13.1. The zero-order valence-corrected chi connectivity index (χ0v) is 19.4. The van der Waals surface area contributed by atoms with E-state index in [1.807, 2.05) is 12.1 Å². The molecule has 1 amide bonds. The predicted molar refractivity (Wildman–Crippen MR) is 127 cm³/mol. The number of halogens is 1. The van der Waals surface area contributed by atoms with Gasteiger partial charge in [0.15, 0.2) is 0 Å². The number of benzene rings is 2. The lowest BCUT2D eigenvalue weighted by Crippen LogP contribution is -2.36. The van der Waals surface area contributed by atoms with Crippen LogP contribution >= 0.6 is 0 Å². The fourth-order valence-electron chi connectivity index (χ4n) is 3.56. The van der Waals surface area contributed by atoms with Gasteiger partial charge in [-0.15, -0.1) is 0 Å². The molecule has 1 aromatic heterocycles. The molecule has 34 heavy (non-hydrogen) atoms. The minimum Gasteiger partial charge on any atom is -0.378 e. The van der Waals surface area contributed by atoms with E-state index in [1.54, 1.807) is 19.2 Å². The fourth-order valence-corrected chi connectivity index (χ4v) is 4.64. The van der Waals surface area contributed by atoms with Crippen molar-refractivity contribution in [3.63, 3.8) is 0 Å². The molecule has 0 aliphatic carbocycles. The summed E-state index contributed by atoms with van der Waals surface area (Å²) >= 11 is 0. The second-order valence-corrected chi connectivity index (χ2v) is 9.58. The number of amides is 1. The third-order valence-corrected chi connectivity index (χ3v) is 6.84. The number of carbonyl (C=O) groups excluding carboxylic acids is 1. The first kappa shape index (κ1) is 23.7. The van der Waals surface area contributed by atoms with Gasteiger partial charge in [0.05, 0.1) is 18.1 Å². The largest absolute Gasteiger partial charge is 0.378 e. The molecule has 10 heteroatoms. The van der Waals surface area contributed by atoms with Crippen LogP contribution in [0.3, 0.4) is 0 Å². The summed E-state index contributed by atoms with van der Waals surface area (Å²) < 4.78 is 46.4. The van der Waals surface area contributed by atoms with E-state index in [1.165, 1.54) is 24.3 Å². The van der Waals surface area contributed by atoms with Crippen LogP contribution in [0.4, 0.5) is 15.9 Å². The van der Waals surface area contributed by atoms with Gasteiger partial charge in [-0.2, -0.15) is 0 Å². The number of hydrogen-bond acceptors (Lipinski definition) is 6. The Labute approximate surface area is 197 Å². The number of carbonyl (C=O) groups is 1. The lowest BCUT2D eigenvalue weighted by Gasteiger charge is -2.28. The molecule has 8 nitrogen and oxygen atoms in total. The van der Waals surface area contributed by atoms with Gasteiger partial charge in [0, 0.05) is 37.1 Å². The summed E-state index contributed by atoms with van der Waals surface area (Å²) in [6.07, 6.45) is 1.70. The van der Waals surface area contributed by atoms with Crippen LogP contribution in [-0.2, 0) is 21.3 Å². The molecule has 1 saturated heterocycles. The van der Waals surface area contributed by atoms with Crippen LogP contribution in [0.15, 0.2) is 65.7 Å². The van der Waals surface area contributed by atoms with Crippen molar-refractivity contribution in [3.8, 4) is 0 Å². The Bertz CT molecular complexity index is 1280. The molecule has 0 unspecified atom stereocenters. The topological polar surface area (TPSA) is 101 Å². The van der Waals surface area contributed by atoms with E-state index in [0.717, 1.165) is 36.6 Å². The summed E-state index contributed by atoms with van der Waals surface area (Å²) in [5.74, 6) is -0.0317. The van der Waals surface area contributed by atoms with Gasteiger partial charge < -0.3 is 15.0 Å². The van der Waals surface area contributed by atoms with E-state index in [2.05, 4.69) is 19.9 Å². The molecule has 1 aliphatic heterocycles. The summed E-state index contributed by atoms with van der Waals surface area (Å²) in [5, 5.41) is 2.85. The molecule has 0 spiro atoms. The highest BCUT2D eigenvalue weighted by Crippen LogP contribution is 2.20. The van der Waals surface area contributed by atoms with Crippen LogP contribution in [0.25, 0.3) is 0 Å². The lowest BCUT2D eigenvalue weighted by molar-refractivity contribution is 0.0950. The summed E-state index contributed by atoms with van der Waals surface area (Å²) in [4.78, 5) is 19.4. The number of ether oxygens (including phenoxy) is 1. The quantitative estimate of drug-likeness (QED) is 0.535. The number of aryl methyl sites for hydroxylation is 1. The monoisotopic (exact) mass is 484 g/mol. The molecular formula is C24H25FN4O4S. The second kappa shape index (κ2) is 10.2. The standard InChI is InChI=1S/C24H25FN4O4S/c1-17-2-7-21(34(31,32)28-20-5-3-19(25)4-6-20)15-22(17)24(30)27-16-18-8-9-26-23(14-18)29-10-12-33-13-11-29/h2-9,14-15,28H,10-13,16H2,1H3,(H,27,30). The number of hydrogen-bond donors (Lipinski definition) is 2. The highest BCUT2D eigenvalue weighted by Gasteiger charge is 2.19. The van der Waals surface area contributed by atoms with E-state index in [0.29, 0.717) is 18.8 Å². The molecule has 0 atom stereocenters. The minimum atomic E-state index is -3.96. The highest BCUT2D eigenvalue weighted by molar-refractivity contribution is 7.92. The average Bonchev–Trinajstić information content (AvgIpc) is 2.85. The highest BCUT2D eigenvalue weighted by atomic mass is 32.2. The summed E-state index contributed by atoms with van der Waals surface area (Å²) in [7, 11) is -3.96. The number of nitrogens with zero attached hydrogens (tertiary/aromatic N) is 2. The van der Waals surface area contributed by atoms with E-state index < -0.39 is 15.8 Å². The minimum absolute atomic E-state index is 0.0638.